The number of hydrogen-bond acceptors (Lipinski definition) is 4. The molecule has 0 aromatic carbocycles. The van der Waals surface area contributed by atoms with E-state index in [0.29, 0.717) is 17.6 Å². The molecule has 0 bridgehead atoms. The minimum Gasteiger partial charge on any atom is -0.483 e. The van der Waals surface area contributed by atoms with Gasteiger partial charge in [0.2, 0.25) is 0 Å². The molecule has 0 amide bonds. The van der Waals surface area contributed by atoms with Crippen LogP contribution in [0.2, 0.25) is 0 Å². The van der Waals surface area contributed by atoms with Gasteiger partial charge in [-0.25, -0.2) is 0 Å². The maximum absolute atomic E-state index is 5.44. The van der Waals surface area contributed by atoms with Gasteiger partial charge in [0, 0.05) is 5.57 Å². The zero-order valence-corrected chi connectivity index (χ0v) is 11.7. The van der Waals surface area contributed by atoms with Gasteiger partial charge in [0.25, 0.3) is 0 Å². The second-order valence-corrected chi connectivity index (χ2v) is 6.05. The molecule has 1 nitrogen and oxygen atoms in total. The number of hydrogen-bond donors (Lipinski definition) is 0. The van der Waals surface area contributed by atoms with Gasteiger partial charge >= 0.3 is 0 Å². The molecule has 0 N–H and O–H groups in total. The van der Waals surface area contributed by atoms with E-state index in [9.17, 15) is 0 Å². The molecule has 1 aliphatic rings. The second-order valence-electron chi connectivity index (χ2n) is 3.59. The molecule has 1 rings (SSSR count). The molecule has 84 valence electrons. The Bertz CT molecular complexity index is 282. The van der Waals surface area contributed by atoms with E-state index in [2.05, 4.69) is 24.7 Å². The Kier molecular flexibility index (Phi) is 5.79. The summed E-state index contributed by atoms with van der Waals surface area (Å²) in [6.07, 6.45) is 0.996. The first-order chi connectivity index (χ1) is 7.15. The van der Waals surface area contributed by atoms with Gasteiger partial charge in [-0.2, -0.15) is 0 Å². The van der Waals surface area contributed by atoms with E-state index in [1.54, 1.807) is 23.5 Å². The van der Waals surface area contributed by atoms with Gasteiger partial charge in [0.05, 0.1) is 10.8 Å². The zero-order valence-electron chi connectivity index (χ0n) is 9.28. The fraction of sp³-hybridized carbons (Fsp3) is 0.545. The third-order valence-electron chi connectivity index (χ3n) is 1.79. The standard InChI is InChI=1S/C11H16OS3/c1-4-12-10(13)9(7-8(2)3)11-14-5-6-15-11/h5-6,8H,4,7H2,1-3H3. The van der Waals surface area contributed by atoms with Crippen LogP contribution in [-0.4, -0.2) is 11.7 Å². The molecule has 0 saturated carbocycles. The average molecular weight is 260 g/mol. The van der Waals surface area contributed by atoms with Crippen LogP contribution in [0.15, 0.2) is 20.6 Å². The quantitative estimate of drug-likeness (QED) is 0.541. The van der Waals surface area contributed by atoms with E-state index < -0.39 is 0 Å². The van der Waals surface area contributed by atoms with Crippen molar-refractivity contribution in [3.8, 4) is 0 Å². The van der Waals surface area contributed by atoms with Crippen molar-refractivity contribution in [3.63, 3.8) is 0 Å². The molecule has 0 aliphatic carbocycles. The third-order valence-corrected chi connectivity index (χ3v) is 4.37. The summed E-state index contributed by atoms with van der Waals surface area (Å²) in [5.41, 5.74) is 1.20. The summed E-state index contributed by atoms with van der Waals surface area (Å²) in [6.45, 7) is 7.02. The van der Waals surface area contributed by atoms with Gasteiger partial charge < -0.3 is 4.74 Å². The summed E-state index contributed by atoms with van der Waals surface area (Å²) in [5, 5.41) is 4.86. The smallest absolute Gasteiger partial charge is 0.188 e. The highest BCUT2D eigenvalue weighted by molar-refractivity contribution is 8.27. The molecule has 1 heterocycles. The Balaban J connectivity index is 2.77. The predicted octanol–water partition coefficient (Wildman–Crippen LogP) is 4.56. The molecule has 4 heteroatoms. The summed E-state index contributed by atoms with van der Waals surface area (Å²) in [4.78, 5) is 0. The highest BCUT2D eigenvalue weighted by Gasteiger charge is 2.16. The Morgan fingerprint density at radius 2 is 2.00 bits per heavy atom. The number of rotatable bonds is 4. The number of thioether (sulfide) groups is 2. The maximum atomic E-state index is 5.44. The first-order valence-electron chi connectivity index (χ1n) is 5.03. The molecule has 1 aliphatic heterocycles. The van der Waals surface area contributed by atoms with Crippen LogP contribution >= 0.6 is 35.7 Å². The lowest BCUT2D eigenvalue weighted by Gasteiger charge is -2.14. The Morgan fingerprint density at radius 3 is 2.47 bits per heavy atom. The normalized spacial score (nSPS) is 14.8. The SMILES string of the molecule is CCOC(=S)C(CC(C)C)=C1SC=CS1. The molecule has 15 heavy (non-hydrogen) atoms. The number of ether oxygens (including phenoxy) is 1. The Labute approximate surface area is 106 Å². The van der Waals surface area contributed by atoms with E-state index in [1.165, 1.54) is 9.81 Å². The summed E-state index contributed by atoms with van der Waals surface area (Å²) in [6, 6.07) is 0. The largest absolute Gasteiger partial charge is 0.483 e. The summed E-state index contributed by atoms with van der Waals surface area (Å²) in [7, 11) is 0. The van der Waals surface area contributed by atoms with Crippen LogP contribution in [0.5, 0.6) is 0 Å². The first-order valence-corrected chi connectivity index (χ1v) is 7.20. The Hall–Kier alpha value is 0.0700. The lowest BCUT2D eigenvalue weighted by atomic mass is 10.1. The Morgan fingerprint density at radius 1 is 1.40 bits per heavy atom. The van der Waals surface area contributed by atoms with Crippen LogP contribution in [-0.2, 0) is 4.74 Å². The molecular formula is C11H16OS3. The summed E-state index contributed by atoms with van der Waals surface area (Å²) in [5.74, 6) is 0.604. The van der Waals surface area contributed by atoms with Gasteiger partial charge in [0.15, 0.2) is 5.05 Å². The van der Waals surface area contributed by atoms with Crippen molar-refractivity contribution in [3.05, 3.63) is 20.6 Å². The maximum Gasteiger partial charge on any atom is 0.188 e. The molecule has 0 fully saturated rings. The van der Waals surface area contributed by atoms with Gasteiger partial charge in [-0.05, 0) is 42.3 Å². The summed E-state index contributed by atoms with van der Waals surface area (Å²) >= 11 is 8.78. The predicted molar refractivity (Wildman–Crippen MR) is 75.0 cm³/mol. The molecular weight excluding hydrogens is 244 g/mol. The minimum atomic E-state index is 0.604. The zero-order chi connectivity index (χ0) is 11.3. The van der Waals surface area contributed by atoms with Crippen molar-refractivity contribution in [2.45, 2.75) is 27.2 Å². The van der Waals surface area contributed by atoms with Crippen LogP contribution in [0.1, 0.15) is 27.2 Å². The summed E-state index contributed by atoms with van der Waals surface area (Å²) < 4.78 is 6.72. The van der Waals surface area contributed by atoms with Crippen molar-refractivity contribution >= 4 is 40.8 Å². The lowest BCUT2D eigenvalue weighted by Crippen LogP contribution is -2.08. The van der Waals surface area contributed by atoms with Crippen molar-refractivity contribution in [1.82, 2.24) is 0 Å². The lowest BCUT2D eigenvalue weighted by molar-refractivity contribution is 0.334. The molecule has 0 radical (unpaired) electrons. The van der Waals surface area contributed by atoms with E-state index in [4.69, 9.17) is 17.0 Å². The fourth-order valence-electron chi connectivity index (χ4n) is 1.23. The highest BCUT2D eigenvalue weighted by atomic mass is 32.2. The molecule has 0 unspecified atom stereocenters. The van der Waals surface area contributed by atoms with E-state index in [1.807, 2.05) is 6.92 Å². The molecule has 0 atom stereocenters. The van der Waals surface area contributed by atoms with Gasteiger partial charge in [-0.15, -0.1) is 0 Å². The van der Waals surface area contributed by atoms with Crippen LogP contribution in [0.3, 0.4) is 0 Å². The molecule has 0 saturated heterocycles. The van der Waals surface area contributed by atoms with Crippen LogP contribution in [0.25, 0.3) is 0 Å². The van der Waals surface area contributed by atoms with Gasteiger partial charge in [0.1, 0.15) is 0 Å². The van der Waals surface area contributed by atoms with Crippen molar-refractivity contribution < 1.29 is 4.74 Å². The number of thiocarbonyl (C=S) groups is 1. The third kappa shape index (κ3) is 4.21. The van der Waals surface area contributed by atoms with Crippen molar-refractivity contribution in [2.75, 3.05) is 6.61 Å². The molecule has 0 aromatic rings. The van der Waals surface area contributed by atoms with E-state index in [0.717, 1.165) is 6.42 Å². The van der Waals surface area contributed by atoms with E-state index >= 15 is 0 Å². The van der Waals surface area contributed by atoms with Crippen LogP contribution in [0.4, 0.5) is 0 Å². The van der Waals surface area contributed by atoms with Gasteiger partial charge in [-0.3, -0.25) is 0 Å². The topological polar surface area (TPSA) is 9.23 Å². The highest BCUT2D eigenvalue weighted by Crippen LogP contribution is 2.41. The molecule has 0 aromatic heterocycles. The van der Waals surface area contributed by atoms with Crippen LogP contribution < -0.4 is 0 Å². The second kappa shape index (κ2) is 6.61. The van der Waals surface area contributed by atoms with Crippen molar-refractivity contribution in [1.29, 1.82) is 0 Å². The average Bonchev–Trinajstić information content (AvgIpc) is 2.66. The van der Waals surface area contributed by atoms with E-state index in [-0.39, 0.29) is 0 Å². The van der Waals surface area contributed by atoms with Crippen LogP contribution in [0, 0.1) is 5.92 Å². The first kappa shape index (κ1) is 13.1. The minimum absolute atomic E-state index is 0.604. The fourth-order valence-corrected chi connectivity index (χ4v) is 3.54. The van der Waals surface area contributed by atoms with Gasteiger partial charge in [-0.1, -0.05) is 37.4 Å². The van der Waals surface area contributed by atoms with Crippen molar-refractivity contribution in [2.24, 2.45) is 5.92 Å². The molecule has 0 spiro atoms. The monoisotopic (exact) mass is 260 g/mol.